The van der Waals surface area contributed by atoms with Gasteiger partial charge in [0.25, 0.3) is 0 Å². The largest absolute Gasteiger partial charge is 0.508 e. The summed E-state index contributed by atoms with van der Waals surface area (Å²) >= 11 is 0. The molecule has 1 aromatic rings. The van der Waals surface area contributed by atoms with Crippen LogP contribution in [0.25, 0.3) is 0 Å². The fraction of sp³-hybridized carbons (Fsp3) is 0.111. The molecule has 0 bridgehead atoms. The van der Waals surface area contributed by atoms with Crippen LogP contribution in [0.4, 0.5) is 0 Å². The van der Waals surface area contributed by atoms with E-state index in [4.69, 9.17) is 5.11 Å². The lowest BCUT2D eigenvalue weighted by Gasteiger charge is -2.01. The molecule has 0 unspecified atom stereocenters. The quantitative estimate of drug-likeness (QED) is 0.675. The Hall–Kier alpha value is -1.84. The van der Waals surface area contributed by atoms with Crippen molar-refractivity contribution < 1.29 is 19.8 Å². The fourth-order valence-electron chi connectivity index (χ4n) is 0.983. The van der Waals surface area contributed by atoms with E-state index in [1.165, 1.54) is 18.2 Å². The van der Waals surface area contributed by atoms with Gasteiger partial charge >= 0.3 is 5.97 Å². The molecule has 0 atom stereocenters. The van der Waals surface area contributed by atoms with Crippen LogP contribution in [0.15, 0.2) is 18.2 Å². The second kappa shape index (κ2) is 3.71. The van der Waals surface area contributed by atoms with Gasteiger partial charge in [0.1, 0.15) is 12.0 Å². The van der Waals surface area contributed by atoms with E-state index < -0.39 is 5.97 Å². The first kappa shape index (κ1) is 9.25. The summed E-state index contributed by atoms with van der Waals surface area (Å²) < 4.78 is 0. The van der Waals surface area contributed by atoms with Gasteiger partial charge in [-0.15, -0.1) is 0 Å². The van der Waals surface area contributed by atoms with Crippen LogP contribution in [0.1, 0.15) is 15.9 Å². The molecule has 0 saturated heterocycles. The SMILES string of the molecule is O=Cc1ccc(O)c(CC(=O)O)c1. The van der Waals surface area contributed by atoms with Crippen molar-refractivity contribution in [2.24, 2.45) is 0 Å². The van der Waals surface area contributed by atoms with Crippen LogP contribution in [0.5, 0.6) is 5.75 Å². The maximum atomic E-state index is 10.3. The molecule has 4 nitrogen and oxygen atoms in total. The topological polar surface area (TPSA) is 74.6 Å². The molecule has 1 aromatic carbocycles. The summed E-state index contributed by atoms with van der Waals surface area (Å²) in [5.74, 6) is -1.15. The fourth-order valence-corrected chi connectivity index (χ4v) is 0.983. The number of carbonyl (C=O) groups excluding carboxylic acids is 1. The number of carboxylic acid groups (broad SMARTS) is 1. The van der Waals surface area contributed by atoms with E-state index in [2.05, 4.69) is 0 Å². The summed E-state index contributed by atoms with van der Waals surface area (Å²) in [6.07, 6.45) is 0.318. The summed E-state index contributed by atoms with van der Waals surface area (Å²) in [7, 11) is 0. The van der Waals surface area contributed by atoms with E-state index in [1.54, 1.807) is 0 Å². The Morgan fingerprint density at radius 3 is 2.69 bits per heavy atom. The van der Waals surface area contributed by atoms with Crippen LogP contribution in [-0.4, -0.2) is 22.5 Å². The van der Waals surface area contributed by atoms with E-state index in [0.717, 1.165) is 0 Å². The van der Waals surface area contributed by atoms with Crippen molar-refractivity contribution in [3.8, 4) is 5.75 Å². The van der Waals surface area contributed by atoms with Gasteiger partial charge in [-0.1, -0.05) is 0 Å². The molecule has 0 fully saturated rings. The molecule has 13 heavy (non-hydrogen) atoms. The number of rotatable bonds is 3. The van der Waals surface area contributed by atoms with Gasteiger partial charge in [0, 0.05) is 11.1 Å². The number of hydrogen-bond donors (Lipinski definition) is 2. The van der Waals surface area contributed by atoms with Crippen LogP contribution in [0.2, 0.25) is 0 Å². The van der Waals surface area contributed by atoms with Crippen molar-refractivity contribution in [1.29, 1.82) is 0 Å². The Kier molecular flexibility index (Phi) is 2.64. The molecule has 0 saturated carbocycles. The lowest BCUT2D eigenvalue weighted by atomic mass is 10.1. The lowest BCUT2D eigenvalue weighted by molar-refractivity contribution is -0.136. The number of hydrogen-bond acceptors (Lipinski definition) is 3. The van der Waals surface area contributed by atoms with Crippen LogP contribution >= 0.6 is 0 Å². The van der Waals surface area contributed by atoms with E-state index >= 15 is 0 Å². The van der Waals surface area contributed by atoms with Crippen molar-refractivity contribution in [2.45, 2.75) is 6.42 Å². The van der Waals surface area contributed by atoms with Crippen LogP contribution < -0.4 is 0 Å². The number of aromatic hydroxyl groups is 1. The van der Waals surface area contributed by atoms with Gasteiger partial charge in [-0.2, -0.15) is 0 Å². The van der Waals surface area contributed by atoms with Gasteiger partial charge in [-0.05, 0) is 18.2 Å². The zero-order valence-corrected chi connectivity index (χ0v) is 6.73. The number of aldehydes is 1. The third-order valence-electron chi connectivity index (χ3n) is 1.58. The van der Waals surface area contributed by atoms with Crippen molar-refractivity contribution >= 4 is 12.3 Å². The highest BCUT2D eigenvalue weighted by molar-refractivity contribution is 5.77. The Morgan fingerprint density at radius 2 is 2.15 bits per heavy atom. The highest BCUT2D eigenvalue weighted by Gasteiger charge is 2.06. The molecule has 0 aromatic heterocycles. The minimum Gasteiger partial charge on any atom is -0.508 e. The van der Waals surface area contributed by atoms with Gasteiger partial charge in [0.05, 0.1) is 6.42 Å². The van der Waals surface area contributed by atoms with Gasteiger partial charge in [0.15, 0.2) is 0 Å². The lowest BCUT2D eigenvalue weighted by Crippen LogP contribution is -2.00. The first-order valence-electron chi connectivity index (χ1n) is 3.62. The summed E-state index contributed by atoms with van der Waals surface area (Å²) in [5.41, 5.74) is 0.603. The van der Waals surface area contributed by atoms with Gasteiger partial charge in [-0.3, -0.25) is 9.59 Å². The van der Waals surface area contributed by atoms with Gasteiger partial charge < -0.3 is 10.2 Å². The van der Waals surface area contributed by atoms with Crippen molar-refractivity contribution in [1.82, 2.24) is 0 Å². The molecule has 2 N–H and O–H groups in total. The Bertz CT molecular complexity index is 343. The molecule has 0 spiro atoms. The van der Waals surface area contributed by atoms with Crippen molar-refractivity contribution in [3.63, 3.8) is 0 Å². The molecule has 1 rings (SSSR count). The molecular weight excluding hydrogens is 172 g/mol. The van der Waals surface area contributed by atoms with Crippen molar-refractivity contribution in [3.05, 3.63) is 29.3 Å². The third-order valence-corrected chi connectivity index (χ3v) is 1.58. The van der Waals surface area contributed by atoms with E-state index in [-0.39, 0.29) is 17.7 Å². The molecule has 4 heteroatoms. The van der Waals surface area contributed by atoms with Gasteiger partial charge in [-0.25, -0.2) is 0 Å². The van der Waals surface area contributed by atoms with E-state index in [9.17, 15) is 14.7 Å². The molecule has 0 radical (unpaired) electrons. The second-order valence-electron chi connectivity index (χ2n) is 2.58. The molecule has 0 aliphatic rings. The molecule has 0 aliphatic heterocycles. The second-order valence-corrected chi connectivity index (χ2v) is 2.58. The van der Waals surface area contributed by atoms with E-state index in [1.807, 2.05) is 0 Å². The number of aliphatic carboxylic acids is 1. The minimum atomic E-state index is -1.04. The Morgan fingerprint density at radius 1 is 1.46 bits per heavy atom. The normalized spacial score (nSPS) is 9.54. The summed E-state index contributed by atoms with van der Waals surface area (Å²) in [5, 5.41) is 17.7. The number of carboxylic acids is 1. The Balaban J connectivity index is 3.03. The highest BCUT2D eigenvalue weighted by atomic mass is 16.4. The van der Waals surface area contributed by atoms with Crippen LogP contribution in [0.3, 0.4) is 0 Å². The number of benzene rings is 1. The number of phenolic OH excluding ortho intramolecular Hbond substituents is 1. The Labute approximate surface area is 74.4 Å². The average molecular weight is 180 g/mol. The first-order valence-corrected chi connectivity index (χ1v) is 3.62. The van der Waals surface area contributed by atoms with E-state index in [0.29, 0.717) is 11.8 Å². The first-order chi connectivity index (χ1) is 6.13. The molecular formula is C9H8O4. The molecule has 0 amide bonds. The molecule has 68 valence electrons. The summed E-state index contributed by atoms with van der Waals surface area (Å²) in [6, 6.07) is 4.09. The predicted molar refractivity (Wildman–Crippen MR) is 44.8 cm³/mol. The maximum Gasteiger partial charge on any atom is 0.307 e. The number of phenols is 1. The standard InChI is InChI=1S/C9H8O4/c10-5-6-1-2-8(11)7(3-6)4-9(12)13/h1-3,5,11H,4H2,(H,12,13). The zero-order chi connectivity index (χ0) is 9.84. The number of carbonyl (C=O) groups is 2. The summed E-state index contributed by atoms with van der Waals surface area (Å²) in [4.78, 5) is 20.6. The predicted octanol–water partition coefficient (Wildman–Crippen LogP) is 0.832. The summed E-state index contributed by atoms with van der Waals surface area (Å²) in [6.45, 7) is 0. The van der Waals surface area contributed by atoms with Gasteiger partial charge in [0.2, 0.25) is 0 Å². The third kappa shape index (κ3) is 2.30. The zero-order valence-electron chi connectivity index (χ0n) is 6.73. The smallest absolute Gasteiger partial charge is 0.307 e. The molecule has 0 heterocycles. The highest BCUT2D eigenvalue weighted by Crippen LogP contribution is 2.18. The monoisotopic (exact) mass is 180 g/mol. The average Bonchev–Trinajstić information content (AvgIpc) is 2.08. The molecule has 0 aliphatic carbocycles. The van der Waals surface area contributed by atoms with Crippen LogP contribution in [-0.2, 0) is 11.2 Å². The van der Waals surface area contributed by atoms with Crippen LogP contribution in [0, 0.1) is 0 Å². The maximum absolute atomic E-state index is 10.3. The van der Waals surface area contributed by atoms with Crippen molar-refractivity contribution in [2.75, 3.05) is 0 Å². The minimum absolute atomic E-state index is 0.104.